The summed E-state index contributed by atoms with van der Waals surface area (Å²) in [6.07, 6.45) is 0. The normalized spacial score (nSPS) is 22.9. The average molecular weight is 481 g/mol. The van der Waals surface area contributed by atoms with Crippen LogP contribution in [0.15, 0.2) is 52.3 Å². The first-order chi connectivity index (χ1) is 14.4. The molecule has 3 atom stereocenters. The van der Waals surface area contributed by atoms with Gasteiger partial charge in [0.1, 0.15) is 11.1 Å². The van der Waals surface area contributed by atoms with Crippen LogP contribution in [-0.4, -0.2) is 22.0 Å². The van der Waals surface area contributed by atoms with Gasteiger partial charge in [-0.05, 0) is 35.9 Å². The summed E-state index contributed by atoms with van der Waals surface area (Å²) in [5.41, 5.74) is 0.882. The van der Waals surface area contributed by atoms with Crippen LogP contribution >= 0.6 is 46.3 Å². The molecule has 2 aliphatic rings. The molecular formula is C20H11Cl2FN2O3S2. The summed E-state index contributed by atoms with van der Waals surface area (Å²) in [5.74, 6) is -2.68. The zero-order valence-electron chi connectivity index (χ0n) is 14.9. The van der Waals surface area contributed by atoms with Crippen molar-refractivity contribution in [2.24, 2.45) is 5.92 Å². The Morgan fingerprint density at radius 3 is 2.47 bits per heavy atom. The van der Waals surface area contributed by atoms with Crippen molar-refractivity contribution in [3.05, 3.63) is 78.4 Å². The highest BCUT2D eigenvalue weighted by molar-refractivity contribution is 8.00. The van der Waals surface area contributed by atoms with Crippen molar-refractivity contribution < 1.29 is 14.0 Å². The van der Waals surface area contributed by atoms with Crippen LogP contribution < -0.4 is 9.77 Å². The number of imide groups is 1. The number of carbonyl (C=O) groups excluding carboxylic acids is 2. The minimum absolute atomic E-state index is 0.272. The number of thioether (sulfide) groups is 1. The number of nitrogens with zero attached hydrogens (tertiary/aromatic N) is 1. The van der Waals surface area contributed by atoms with E-state index in [1.165, 1.54) is 24.3 Å². The van der Waals surface area contributed by atoms with Gasteiger partial charge in [-0.1, -0.05) is 58.4 Å². The number of halogens is 3. The van der Waals surface area contributed by atoms with Crippen molar-refractivity contribution in [3.63, 3.8) is 0 Å². The van der Waals surface area contributed by atoms with Crippen LogP contribution in [0.2, 0.25) is 10.0 Å². The third kappa shape index (κ3) is 2.93. The van der Waals surface area contributed by atoms with E-state index in [0.29, 0.717) is 26.2 Å². The molecule has 152 valence electrons. The van der Waals surface area contributed by atoms with Gasteiger partial charge in [0, 0.05) is 10.8 Å². The summed E-state index contributed by atoms with van der Waals surface area (Å²) < 4.78 is 13.4. The molecule has 2 amide bonds. The average Bonchev–Trinajstić information content (AvgIpc) is 3.20. The molecule has 0 spiro atoms. The van der Waals surface area contributed by atoms with Gasteiger partial charge in [0.15, 0.2) is 0 Å². The van der Waals surface area contributed by atoms with Crippen LogP contribution in [0.4, 0.5) is 10.1 Å². The molecule has 10 heteroatoms. The maximum Gasteiger partial charge on any atom is 0.305 e. The van der Waals surface area contributed by atoms with E-state index in [0.717, 1.165) is 28.0 Å². The summed E-state index contributed by atoms with van der Waals surface area (Å²) in [7, 11) is 0. The van der Waals surface area contributed by atoms with Crippen molar-refractivity contribution >= 4 is 63.8 Å². The molecule has 0 bridgehead atoms. The number of thiazole rings is 1. The van der Waals surface area contributed by atoms with Crippen LogP contribution in [0.5, 0.6) is 0 Å². The van der Waals surface area contributed by atoms with Gasteiger partial charge >= 0.3 is 4.87 Å². The Labute approximate surface area is 187 Å². The first-order valence-electron chi connectivity index (χ1n) is 8.83. The number of H-pyrrole nitrogens is 1. The van der Waals surface area contributed by atoms with E-state index in [-0.39, 0.29) is 9.90 Å². The minimum atomic E-state index is -0.775. The Kier molecular flexibility index (Phi) is 4.77. The van der Waals surface area contributed by atoms with Gasteiger partial charge in [-0.3, -0.25) is 14.4 Å². The SMILES string of the molecule is O=C1C2Sc3[nH]c(=O)sc3[C@H](c3cccc(Cl)c3Cl)C2C(=O)N1c1ccc(F)cc1. The minimum Gasteiger partial charge on any atom is -0.307 e. The molecule has 2 aliphatic heterocycles. The number of aromatic nitrogens is 1. The van der Waals surface area contributed by atoms with Crippen molar-refractivity contribution in [3.8, 4) is 0 Å². The number of aromatic amines is 1. The summed E-state index contributed by atoms with van der Waals surface area (Å²) in [4.78, 5) is 43.0. The van der Waals surface area contributed by atoms with Crippen LogP contribution in [0, 0.1) is 11.7 Å². The molecule has 1 aromatic heterocycles. The van der Waals surface area contributed by atoms with E-state index >= 15 is 0 Å². The van der Waals surface area contributed by atoms with E-state index in [4.69, 9.17) is 23.2 Å². The van der Waals surface area contributed by atoms with Gasteiger partial charge < -0.3 is 4.98 Å². The highest BCUT2D eigenvalue weighted by Gasteiger charge is 2.56. The standard InChI is InChI=1S/C20H11Cl2FN2O3S2/c21-11-3-1-2-10(14(11)22)12-13-16(29-17-15(12)30-20(28)24-17)19(27)25(18(13)26)9-6-4-8(23)5-7-9/h1-7,12-13,16H,(H,24,28)/t12-,13?,16?/m1/s1. The molecule has 2 unspecified atom stereocenters. The highest BCUT2D eigenvalue weighted by atomic mass is 35.5. The molecule has 0 saturated carbocycles. The van der Waals surface area contributed by atoms with E-state index in [2.05, 4.69) is 4.98 Å². The lowest BCUT2D eigenvalue weighted by molar-refractivity contribution is -0.122. The van der Waals surface area contributed by atoms with E-state index in [1.54, 1.807) is 18.2 Å². The third-order valence-electron chi connectivity index (χ3n) is 5.23. The summed E-state index contributed by atoms with van der Waals surface area (Å²) >= 11 is 14.8. The van der Waals surface area contributed by atoms with Crippen LogP contribution in [0.25, 0.3) is 0 Å². The fraction of sp³-hybridized carbons (Fsp3) is 0.150. The maximum atomic E-state index is 13.5. The van der Waals surface area contributed by atoms with Crippen LogP contribution in [0.1, 0.15) is 16.4 Å². The highest BCUT2D eigenvalue weighted by Crippen LogP contribution is 2.54. The number of benzene rings is 2. The number of hydrogen-bond donors (Lipinski definition) is 1. The van der Waals surface area contributed by atoms with Gasteiger partial charge in [0.25, 0.3) is 0 Å². The number of carbonyl (C=O) groups is 2. The number of rotatable bonds is 2. The summed E-state index contributed by atoms with van der Waals surface area (Å²) in [5, 5.41) is 0.400. The first kappa shape index (κ1) is 19.8. The predicted molar refractivity (Wildman–Crippen MR) is 115 cm³/mol. The van der Waals surface area contributed by atoms with Gasteiger partial charge in [-0.15, -0.1) is 0 Å². The largest absolute Gasteiger partial charge is 0.307 e. The lowest BCUT2D eigenvalue weighted by Crippen LogP contribution is -2.32. The topological polar surface area (TPSA) is 70.2 Å². The number of nitrogens with one attached hydrogen (secondary N) is 1. The monoisotopic (exact) mass is 480 g/mol. The Balaban J connectivity index is 1.68. The zero-order valence-corrected chi connectivity index (χ0v) is 18.0. The molecule has 3 aromatic rings. The Hall–Kier alpha value is -2.13. The van der Waals surface area contributed by atoms with Gasteiger partial charge in [-0.25, -0.2) is 9.29 Å². The first-order valence-corrected chi connectivity index (χ1v) is 11.3. The summed E-state index contributed by atoms with van der Waals surface area (Å²) in [6.45, 7) is 0. The van der Waals surface area contributed by atoms with Gasteiger partial charge in [0.2, 0.25) is 11.8 Å². The van der Waals surface area contributed by atoms with Crippen LogP contribution in [-0.2, 0) is 9.59 Å². The smallest absolute Gasteiger partial charge is 0.305 e. The maximum absolute atomic E-state index is 13.5. The molecule has 5 rings (SSSR count). The quantitative estimate of drug-likeness (QED) is 0.540. The Morgan fingerprint density at radius 2 is 1.73 bits per heavy atom. The molecule has 1 saturated heterocycles. The number of amides is 2. The Bertz CT molecular complexity index is 1260. The molecule has 1 fully saturated rings. The molecule has 0 aliphatic carbocycles. The van der Waals surface area contributed by atoms with Crippen molar-refractivity contribution in [1.29, 1.82) is 0 Å². The third-order valence-corrected chi connectivity index (χ3v) is 8.46. The second-order valence-corrected chi connectivity index (χ2v) is 9.83. The fourth-order valence-electron chi connectivity index (χ4n) is 3.96. The van der Waals surface area contributed by atoms with Crippen molar-refractivity contribution in [2.45, 2.75) is 16.2 Å². The molecule has 1 N–H and O–H groups in total. The molecule has 2 aromatic carbocycles. The second-order valence-electron chi connectivity index (χ2n) is 6.88. The lowest BCUT2D eigenvalue weighted by atomic mass is 9.83. The lowest BCUT2D eigenvalue weighted by Gasteiger charge is -2.30. The van der Waals surface area contributed by atoms with E-state index in [9.17, 15) is 18.8 Å². The molecule has 3 heterocycles. The zero-order chi connectivity index (χ0) is 21.2. The fourth-order valence-corrected chi connectivity index (χ4v) is 6.89. The molecular weight excluding hydrogens is 470 g/mol. The van der Waals surface area contributed by atoms with Gasteiger partial charge in [0.05, 0.1) is 26.7 Å². The molecule has 30 heavy (non-hydrogen) atoms. The number of fused-ring (bicyclic) bond motifs is 2. The number of hydrogen-bond acceptors (Lipinski definition) is 5. The van der Waals surface area contributed by atoms with Crippen molar-refractivity contribution in [1.82, 2.24) is 4.98 Å². The van der Waals surface area contributed by atoms with Crippen molar-refractivity contribution in [2.75, 3.05) is 4.90 Å². The summed E-state index contributed by atoms with van der Waals surface area (Å²) in [6, 6.07) is 10.3. The van der Waals surface area contributed by atoms with Gasteiger partial charge in [-0.2, -0.15) is 0 Å². The molecule has 5 nitrogen and oxygen atoms in total. The number of anilines is 1. The van der Waals surface area contributed by atoms with E-state index < -0.39 is 34.7 Å². The predicted octanol–water partition coefficient (Wildman–Crippen LogP) is 4.68. The van der Waals surface area contributed by atoms with E-state index in [1.807, 2.05) is 0 Å². The second kappa shape index (κ2) is 7.23. The Morgan fingerprint density at radius 1 is 1.00 bits per heavy atom. The van der Waals surface area contributed by atoms with Crippen LogP contribution in [0.3, 0.4) is 0 Å². The molecule has 0 radical (unpaired) electrons.